The third-order valence-electron chi connectivity index (χ3n) is 2.72. The fourth-order valence-corrected chi connectivity index (χ4v) is 1.72. The highest BCUT2D eigenvalue weighted by molar-refractivity contribution is 6.11. The van der Waals surface area contributed by atoms with Crippen LogP contribution in [0.4, 0.5) is 22.0 Å². The van der Waals surface area contributed by atoms with Crippen molar-refractivity contribution in [3.8, 4) is 0 Å². The summed E-state index contributed by atoms with van der Waals surface area (Å²) in [6.07, 6.45) is -5.04. The summed E-state index contributed by atoms with van der Waals surface area (Å²) in [6.45, 7) is 1.64. The first-order valence-electron chi connectivity index (χ1n) is 5.21. The van der Waals surface area contributed by atoms with Crippen LogP contribution in [-0.2, 0) is 0 Å². The lowest BCUT2D eigenvalue weighted by Crippen LogP contribution is -2.44. The fraction of sp³-hybridized carbons (Fsp3) is 0.250. The lowest BCUT2D eigenvalue weighted by atomic mass is 10.0. The van der Waals surface area contributed by atoms with Crippen LogP contribution in [0.1, 0.15) is 15.9 Å². The van der Waals surface area contributed by atoms with Crippen LogP contribution in [-0.4, -0.2) is 22.9 Å². The largest absolute Gasteiger partial charge is 0.461 e. The van der Waals surface area contributed by atoms with Gasteiger partial charge in [-0.15, -0.1) is 0 Å². The van der Waals surface area contributed by atoms with Gasteiger partial charge in [0.2, 0.25) is 5.78 Å². The average Bonchev–Trinajstić information content (AvgIpc) is 2.69. The van der Waals surface area contributed by atoms with Gasteiger partial charge in [-0.3, -0.25) is 4.79 Å². The average molecular weight is 277 g/mol. The number of nitrogens with one attached hydrogen (secondary N) is 1. The fourth-order valence-electron chi connectivity index (χ4n) is 1.72. The van der Waals surface area contributed by atoms with Crippen molar-refractivity contribution < 1.29 is 26.7 Å². The minimum Gasteiger partial charge on any atom is -0.360 e. The number of alkyl halides is 5. The zero-order valence-electron chi connectivity index (χ0n) is 9.61. The molecule has 0 unspecified atom stereocenters. The molecule has 7 heteroatoms. The van der Waals surface area contributed by atoms with Gasteiger partial charge in [-0.1, -0.05) is 11.6 Å². The number of halogens is 5. The molecule has 0 spiro atoms. The van der Waals surface area contributed by atoms with E-state index in [1.54, 1.807) is 13.0 Å². The summed E-state index contributed by atoms with van der Waals surface area (Å²) < 4.78 is 62.6. The molecule has 0 saturated heterocycles. The molecule has 0 aliphatic rings. The number of fused-ring (bicyclic) bond motifs is 1. The Kier molecular flexibility index (Phi) is 2.87. The Bertz CT molecular complexity index is 641. The number of aromatic nitrogens is 1. The van der Waals surface area contributed by atoms with Crippen molar-refractivity contribution in [2.24, 2.45) is 0 Å². The van der Waals surface area contributed by atoms with E-state index in [4.69, 9.17) is 0 Å². The molecule has 1 heterocycles. The SMILES string of the molecule is Cc1ccc2[nH]cc(C(=O)C(F)(F)C(F)(F)F)c2c1. The van der Waals surface area contributed by atoms with E-state index in [9.17, 15) is 26.7 Å². The normalized spacial score (nSPS) is 12.9. The zero-order chi connectivity index (χ0) is 14.4. The third kappa shape index (κ3) is 2.09. The molecule has 1 N–H and O–H groups in total. The smallest absolute Gasteiger partial charge is 0.360 e. The van der Waals surface area contributed by atoms with E-state index >= 15 is 0 Å². The lowest BCUT2D eigenvalue weighted by Gasteiger charge is -2.17. The van der Waals surface area contributed by atoms with Crippen LogP contribution < -0.4 is 0 Å². The molecule has 0 amide bonds. The number of ketones is 1. The molecule has 0 radical (unpaired) electrons. The Hall–Kier alpha value is -1.92. The van der Waals surface area contributed by atoms with Crippen molar-refractivity contribution in [3.05, 3.63) is 35.5 Å². The van der Waals surface area contributed by atoms with Crippen LogP contribution in [0.25, 0.3) is 10.9 Å². The Labute approximate surface area is 104 Å². The molecule has 0 atom stereocenters. The summed E-state index contributed by atoms with van der Waals surface area (Å²) in [4.78, 5) is 13.9. The van der Waals surface area contributed by atoms with E-state index in [0.29, 0.717) is 11.1 Å². The molecule has 0 aliphatic carbocycles. The molecule has 19 heavy (non-hydrogen) atoms. The number of carbonyl (C=O) groups excluding carboxylic acids is 1. The highest BCUT2D eigenvalue weighted by Crippen LogP contribution is 2.39. The summed E-state index contributed by atoms with van der Waals surface area (Å²) in [5.74, 6) is -7.65. The number of benzene rings is 1. The van der Waals surface area contributed by atoms with E-state index in [1.807, 2.05) is 0 Å². The van der Waals surface area contributed by atoms with Gasteiger partial charge in [-0.05, 0) is 19.1 Å². The van der Waals surface area contributed by atoms with Crippen molar-refractivity contribution in [2.45, 2.75) is 19.0 Å². The summed E-state index contributed by atoms with van der Waals surface area (Å²) >= 11 is 0. The van der Waals surface area contributed by atoms with Crippen LogP contribution >= 0.6 is 0 Å². The number of H-pyrrole nitrogens is 1. The van der Waals surface area contributed by atoms with Crippen LogP contribution in [0.5, 0.6) is 0 Å². The lowest BCUT2D eigenvalue weighted by molar-refractivity contribution is -0.255. The quantitative estimate of drug-likeness (QED) is 0.656. The van der Waals surface area contributed by atoms with E-state index in [-0.39, 0.29) is 5.39 Å². The van der Waals surface area contributed by atoms with Gasteiger partial charge in [0.15, 0.2) is 0 Å². The predicted molar refractivity (Wildman–Crippen MR) is 58.4 cm³/mol. The van der Waals surface area contributed by atoms with Gasteiger partial charge in [-0.25, -0.2) is 0 Å². The first-order chi connectivity index (χ1) is 8.64. The maximum Gasteiger partial charge on any atom is 0.461 e. The molecule has 102 valence electrons. The Morgan fingerprint density at radius 3 is 2.37 bits per heavy atom. The summed E-state index contributed by atoms with van der Waals surface area (Å²) in [7, 11) is 0. The number of aromatic amines is 1. The van der Waals surface area contributed by atoms with Crippen molar-refractivity contribution in [2.75, 3.05) is 0 Å². The van der Waals surface area contributed by atoms with E-state index < -0.39 is 23.4 Å². The van der Waals surface area contributed by atoms with Crippen molar-refractivity contribution in [1.29, 1.82) is 0 Å². The topological polar surface area (TPSA) is 32.9 Å². The number of carbonyl (C=O) groups is 1. The minimum absolute atomic E-state index is 0.0499. The highest BCUT2D eigenvalue weighted by atomic mass is 19.4. The van der Waals surface area contributed by atoms with Crippen molar-refractivity contribution in [3.63, 3.8) is 0 Å². The first kappa shape index (κ1) is 13.5. The molecule has 0 bridgehead atoms. The molecule has 2 aromatic rings. The van der Waals surface area contributed by atoms with E-state index in [0.717, 1.165) is 6.20 Å². The second-order valence-electron chi connectivity index (χ2n) is 4.15. The second-order valence-corrected chi connectivity index (χ2v) is 4.15. The monoisotopic (exact) mass is 277 g/mol. The van der Waals surface area contributed by atoms with E-state index in [1.165, 1.54) is 12.1 Å². The summed E-state index contributed by atoms with van der Waals surface area (Å²) in [5.41, 5.74) is 0.310. The third-order valence-corrected chi connectivity index (χ3v) is 2.72. The van der Waals surface area contributed by atoms with Crippen molar-refractivity contribution in [1.82, 2.24) is 4.98 Å². The van der Waals surface area contributed by atoms with Crippen LogP contribution in [0, 0.1) is 6.92 Å². The highest BCUT2D eigenvalue weighted by Gasteiger charge is 2.63. The Balaban J connectivity index is 2.57. The number of aryl methyl sites for hydroxylation is 1. The number of Topliss-reactive ketones (excluding diaryl/α,β-unsaturated/α-hetero) is 1. The molecule has 2 nitrogen and oxygen atoms in total. The predicted octanol–water partition coefficient (Wildman–Crippen LogP) is 3.86. The Morgan fingerprint density at radius 1 is 1.16 bits per heavy atom. The maximum atomic E-state index is 13.0. The summed E-state index contributed by atoms with van der Waals surface area (Å²) in [6, 6.07) is 4.54. The van der Waals surface area contributed by atoms with Gasteiger partial charge < -0.3 is 4.98 Å². The van der Waals surface area contributed by atoms with Gasteiger partial charge in [0.1, 0.15) is 0 Å². The summed E-state index contributed by atoms with van der Waals surface area (Å²) in [5, 5.41) is 0.0499. The van der Waals surface area contributed by atoms with Gasteiger partial charge in [0.05, 0.1) is 0 Å². The number of hydrogen-bond donors (Lipinski definition) is 1. The van der Waals surface area contributed by atoms with Crippen LogP contribution in [0.15, 0.2) is 24.4 Å². The number of hydrogen-bond acceptors (Lipinski definition) is 1. The molecule has 1 aromatic heterocycles. The van der Waals surface area contributed by atoms with Gasteiger partial charge in [0, 0.05) is 22.7 Å². The van der Waals surface area contributed by atoms with Crippen LogP contribution in [0.2, 0.25) is 0 Å². The standard InChI is InChI=1S/C12H8F5NO/c1-6-2-3-9-7(4-6)8(5-18-9)10(19)11(13,14)12(15,16)17/h2-5,18H,1H3. The van der Waals surface area contributed by atoms with Gasteiger partial charge in [-0.2, -0.15) is 22.0 Å². The number of rotatable bonds is 2. The molecular weight excluding hydrogens is 269 g/mol. The van der Waals surface area contributed by atoms with Crippen LogP contribution in [0.3, 0.4) is 0 Å². The van der Waals surface area contributed by atoms with Gasteiger partial charge >= 0.3 is 12.1 Å². The molecule has 0 fully saturated rings. The Morgan fingerprint density at radius 2 is 1.79 bits per heavy atom. The first-order valence-corrected chi connectivity index (χ1v) is 5.21. The molecule has 2 rings (SSSR count). The van der Waals surface area contributed by atoms with Gasteiger partial charge in [0.25, 0.3) is 0 Å². The van der Waals surface area contributed by atoms with E-state index in [2.05, 4.69) is 4.98 Å². The molecule has 1 aromatic carbocycles. The maximum absolute atomic E-state index is 13.0. The van der Waals surface area contributed by atoms with Crippen molar-refractivity contribution >= 4 is 16.7 Å². The molecule has 0 saturated carbocycles. The minimum atomic E-state index is -5.91. The molecule has 0 aliphatic heterocycles. The second kappa shape index (κ2) is 4.04. The zero-order valence-corrected chi connectivity index (χ0v) is 9.61. The molecular formula is C12H8F5NO.